The number of aliphatic carboxylic acids is 1. The molecule has 1 N–H and O–H groups in total. The average molecular weight is 301 g/mol. The van der Waals surface area contributed by atoms with E-state index in [0.29, 0.717) is 11.0 Å². The predicted molar refractivity (Wildman–Crippen MR) is 65.9 cm³/mol. The van der Waals surface area contributed by atoms with E-state index in [1.54, 1.807) is 13.0 Å². The molecule has 0 unspecified atom stereocenters. The number of likely N-dealkylation sites (N-methyl/N-ethyl adjacent to an activating group) is 1. The molecule has 6 heteroatoms. The summed E-state index contributed by atoms with van der Waals surface area (Å²) in [6.45, 7) is 3.57. The van der Waals surface area contributed by atoms with Crippen molar-refractivity contribution >= 4 is 27.8 Å². The molecule has 0 saturated carbocycles. The molecule has 0 atom stereocenters. The molecule has 1 aromatic heterocycles. The number of carboxylic acids is 1. The van der Waals surface area contributed by atoms with E-state index in [1.807, 2.05) is 6.92 Å². The Labute approximate surface area is 108 Å². The molecule has 0 saturated heterocycles. The van der Waals surface area contributed by atoms with Crippen LogP contribution in [0.5, 0.6) is 0 Å². The smallest absolute Gasteiger partial charge is 0.323 e. The van der Waals surface area contributed by atoms with Crippen LogP contribution >= 0.6 is 15.9 Å². The molecule has 5 nitrogen and oxygen atoms in total. The van der Waals surface area contributed by atoms with Crippen LogP contribution in [0.4, 0.5) is 0 Å². The minimum atomic E-state index is -1.04. The zero-order chi connectivity index (χ0) is 13.0. The van der Waals surface area contributed by atoms with Gasteiger partial charge in [0.15, 0.2) is 0 Å². The summed E-state index contributed by atoms with van der Waals surface area (Å²) in [4.78, 5) is 27.9. The monoisotopic (exact) mass is 300 g/mol. The third-order valence-corrected chi connectivity index (χ3v) is 3.28. The fraction of sp³-hybridized carbons (Fsp3) is 0.364. The fourth-order valence-corrected chi connectivity index (χ4v) is 1.73. The number of carboxylic acid groups (broad SMARTS) is 1. The van der Waals surface area contributed by atoms with Crippen molar-refractivity contribution in [1.82, 2.24) is 9.88 Å². The standard InChI is InChI=1S/C11H13BrN2O3/c1-3-14(6-8(15)16)11(17)10-9(12)7(2)4-5-13-10/h4-5H,3,6H2,1-2H3,(H,15,16). The van der Waals surface area contributed by atoms with Crippen molar-refractivity contribution in [3.63, 3.8) is 0 Å². The number of carbonyl (C=O) groups is 2. The van der Waals surface area contributed by atoms with Gasteiger partial charge in [0.2, 0.25) is 0 Å². The Morgan fingerprint density at radius 1 is 1.53 bits per heavy atom. The Balaban J connectivity index is 3.02. The van der Waals surface area contributed by atoms with Gasteiger partial charge in [-0.05, 0) is 41.4 Å². The number of aryl methyl sites for hydroxylation is 1. The summed E-state index contributed by atoms with van der Waals surface area (Å²) < 4.78 is 0.605. The second kappa shape index (κ2) is 5.77. The minimum Gasteiger partial charge on any atom is -0.480 e. The zero-order valence-corrected chi connectivity index (χ0v) is 11.2. The van der Waals surface area contributed by atoms with Crippen molar-refractivity contribution in [2.45, 2.75) is 13.8 Å². The summed E-state index contributed by atoms with van der Waals surface area (Å²) in [7, 11) is 0. The third-order valence-electron chi connectivity index (χ3n) is 2.28. The lowest BCUT2D eigenvalue weighted by atomic mass is 10.2. The Bertz CT molecular complexity index is 448. The number of hydrogen-bond donors (Lipinski definition) is 1. The van der Waals surface area contributed by atoms with Crippen molar-refractivity contribution < 1.29 is 14.7 Å². The summed E-state index contributed by atoms with van der Waals surface area (Å²) >= 11 is 3.29. The lowest BCUT2D eigenvalue weighted by molar-refractivity contribution is -0.137. The van der Waals surface area contributed by atoms with Gasteiger partial charge in [0, 0.05) is 12.7 Å². The molecule has 1 heterocycles. The first kappa shape index (κ1) is 13.6. The maximum absolute atomic E-state index is 12.1. The van der Waals surface area contributed by atoms with Crippen molar-refractivity contribution in [1.29, 1.82) is 0 Å². The van der Waals surface area contributed by atoms with E-state index in [1.165, 1.54) is 11.1 Å². The first-order valence-electron chi connectivity index (χ1n) is 5.09. The van der Waals surface area contributed by atoms with Gasteiger partial charge in [-0.15, -0.1) is 0 Å². The molecule has 0 bridgehead atoms. The van der Waals surface area contributed by atoms with Gasteiger partial charge in [-0.25, -0.2) is 4.98 Å². The summed E-state index contributed by atoms with van der Waals surface area (Å²) in [5.41, 5.74) is 1.13. The van der Waals surface area contributed by atoms with Crippen LogP contribution in [0.25, 0.3) is 0 Å². The van der Waals surface area contributed by atoms with E-state index in [-0.39, 0.29) is 18.1 Å². The lowest BCUT2D eigenvalue weighted by Crippen LogP contribution is -2.36. The Morgan fingerprint density at radius 3 is 2.71 bits per heavy atom. The van der Waals surface area contributed by atoms with Crippen molar-refractivity contribution in [3.05, 3.63) is 28.0 Å². The van der Waals surface area contributed by atoms with Gasteiger partial charge >= 0.3 is 5.97 Å². The third kappa shape index (κ3) is 3.26. The first-order valence-corrected chi connectivity index (χ1v) is 5.88. The first-order chi connectivity index (χ1) is 7.97. The van der Waals surface area contributed by atoms with Crippen LogP contribution in [-0.2, 0) is 4.79 Å². The zero-order valence-electron chi connectivity index (χ0n) is 9.61. The lowest BCUT2D eigenvalue weighted by Gasteiger charge is -2.18. The molecule has 0 radical (unpaired) electrons. The second-order valence-corrected chi connectivity index (χ2v) is 4.30. The number of carbonyl (C=O) groups excluding carboxylic acids is 1. The van der Waals surface area contributed by atoms with Crippen LogP contribution in [0.1, 0.15) is 23.0 Å². The highest BCUT2D eigenvalue weighted by Gasteiger charge is 2.20. The molecule has 17 heavy (non-hydrogen) atoms. The van der Waals surface area contributed by atoms with Gasteiger partial charge in [-0.3, -0.25) is 9.59 Å². The largest absolute Gasteiger partial charge is 0.480 e. The molecular formula is C11H13BrN2O3. The van der Waals surface area contributed by atoms with E-state index in [4.69, 9.17) is 5.11 Å². The van der Waals surface area contributed by atoms with Crippen LogP contribution < -0.4 is 0 Å². The van der Waals surface area contributed by atoms with E-state index >= 15 is 0 Å². The predicted octanol–water partition coefficient (Wildman–Crippen LogP) is 1.70. The molecule has 0 aromatic carbocycles. The van der Waals surface area contributed by atoms with Gasteiger partial charge in [0.05, 0.1) is 4.47 Å². The average Bonchev–Trinajstić information content (AvgIpc) is 2.28. The number of nitrogens with zero attached hydrogens (tertiary/aromatic N) is 2. The van der Waals surface area contributed by atoms with Crippen LogP contribution in [0.3, 0.4) is 0 Å². The van der Waals surface area contributed by atoms with E-state index in [9.17, 15) is 9.59 Å². The summed E-state index contributed by atoms with van der Waals surface area (Å²) in [6, 6.07) is 1.77. The highest BCUT2D eigenvalue weighted by molar-refractivity contribution is 9.10. The van der Waals surface area contributed by atoms with Crippen LogP contribution in [0.15, 0.2) is 16.7 Å². The van der Waals surface area contributed by atoms with Gasteiger partial charge in [0.25, 0.3) is 5.91 Å². The summed E-state index contributed by atoms with van der Waals surface area (Å²) in [5, 5.41) is 8.71. The Hall–Kier alpha value is -1.43. The summed E-state index contributed by atoms with van der Waals surface area (Å²) in [6.07, 6.45) is 1.53. The summed E-state index contributed by atoms with van der Waals surface area (Å²) in [5.74, 6) is -1.42. The van der Waals surface area contributed by atoms with Gasteiger partial charge in [0.1, 0.15) is 12.2 Å². The molecule has 1 aromatic rings. The molecule has 0 aliphatic rings. The second-order valence-electron chi connectivity index (χ2n) is 3.50. The normalized spacial score (nSPS) is 10.1. The number of halogens is 1. The van der Waals surface area contributed by atoms with E-state index < -0.39 is 5.97 Å². The SMILES string of the molecule is CCN(CC(=O)O)C(=O)c1nccc(C)c1Br. The highest BCUT2D eigenvalue weighted by atomic mass is 79.9. The Kier molecular flexibility index (Phi) is 4.62. The molecule has 1 amide bonds. The van der Waals surface area contributed by atoms with Crippen molar-refractivity contribution in [3.8, 4) is 0 Å². The Morgan fingerprint density at radius 2 is 2.18 bits per heavy atom. The van der Waals surface area contributed by atoms with E-state index in [0.717, 1.165) is 5.56 Å². The quantitative estimate of drug-likeness (QED) is 0.919. The maximum Gasteiger partial charge on any atom is 0.323 e. The molecule has 92 valence electrons. The number of rotatable bonds is 4. The van der Waals surface area contributed by atoms with Gasteiger partial charge < -0.3 is 10.0 Å². The number of amides is 1. The fourth-order valence-electron chi connectivity index (χ4n) is 1.33. The van der Waals surface area contributed by atoms with Crippen LogP contribution in [0.2, 0.25) is 0 Å². The van der Waals surface area contributed by atoms with Crippen molar-refractivity contribution in [2.75, 3.05) is 13.1 Å². The molecule has 1 rings (SSSR count). The topological polar surface area (TPSA) is 70.5 Å². The highest BCUT2D eigenvalue weighted by Crippen LogP contribution is 2.20. The number of aromatic nitrogens is 1. The van der Waals surface area contributed by atoms with Crippen LogP contribution in [-0.4, -0.2) is 40.0 Å². The molecular weight excluding hydrogens is 288 g/mol. The number of pyridine rings is 1. The molecule has 0 aliphatic heterocycles. The minimum absolute atomic E-state index is 0.244. The van der Waals surface area contributed by atoms with Gasteiger partial charge in [-0.2, -0.15) is 0 Å². The van der Waals surface area contributed by atoms with Crippen LogP contribution in [0, 0.1) is 6.92 Å². The van der Waals surface area contributed by atoms with Crippen molar-refractivity contribution in [2.24, 2.45) is 0 Å². The molecule has 0 spiro atoms. The molecule has 0 fully saturated rings. The maximum atomic E-state index is 12.1. The van der Waals surface area contributed by atoms with Gasteiger partial charge in [-0.1, -0.05) is 0 Å². The van der Waals surface area contributed by atoms with E-state index in [2.05, 4.69) is 20.9 Å². The number of hydrogen-bond acceptors (Lipinski definition) is 3. The molecule has 0 aliphatic carbocycles.